The standard InChI is InChI=1S/C35H51N5O8/c1-19-13-22(14-20(2)27(19)46-10)24-16-35(48-39-24)17-25(29(42)37-23(15-21-11-12-21)26(41)30(43)36-9)40(18-35)31(44)28(33(3,4)5)38-32(45)47-34(6,7)8/h13-14,21,23,25,28H,11-12,15-18H2,1-10H3,(H,36,43)(H,37,42)(H,38,45)/t23-,25-,28+,35+/m0/s1. The molecule has 3 aliphatic rings. The van der Waals surface area contributed by atoms with E-state index in [1.54, 1.807) is 27.9 Å². The van der Waals surface area contributed by atoms with Gasteiger partial charge in [-0.05, 0) is 75.6 Å². The van der Waals surface area contributed by atoms with Gasteiger partial charge in [-0.1, -0.05) is 38.8 Å². The van der Waals surface area contributed by atoms with E-state index >= 15 is 0 Å². The molecule has 0 bridgehead atoms. The van der Waals surface area contributed by atoms with E-state index in [0.717, 1.165) is 35.3 Å². The van der Waals surface area contributed by atoms with Gasteiger partial charge in [-0.15, -0.1) is 0 Å². The maximum atomic E-state index is 14.5. The number of Topliss-reactive ketones (excluding diaryl/α,β-unsaturated/α-hetero) is 1. The number of oxime groups is 1. The van der Waals surface area contributed by atoms with Gasteiger partial charge in [0, 0.05) is 25.5 Å². The van der Waals surface area contributed by atoms with E-state index in [0.29, 0.717) is 18.6 Å². The maximum absolute atomic E-state index is 14.5. The van der Waals surface area contributed by atoms with Gasteiger partial charge in [0.05, 0.1) is 25.4 Å². The first kappa shape index (κ1) is 36.7. The molecular weight excluding hydrogens is 618 g/mol. The number of ketones is 1. The fraction of sp³-hybridized carbons (Fsp3) is 0.657. The number of carbonyl (C=O) groups excluding carboxylic acids is 5. The molecule has 1 aliphatic carbocycles. The van der Waals surface area contributed by atoms with Gasteiger partial charge in [0.25, 0.3) is 5.91 Å². The van der Waals surface area contributed by atoms with Crippen LogP contribution in [0.4, 0.5) is 4.79 Å². The van der Waals surface area contributed by atoms with Crippen LogP contribution in [0.5, 0.6) is 5.75 Å². The molecule has 4 rings (SSSR count). The Balaban J connectivity index is 1.66. The summed E-state index contributed by atoms with van der Waals surface area (Å²) >= 11 is 0. The number of ether oxygens (including phenoxy) is 2. The first-order chi connectivity index (χ1) is 22.3. The van der Waals surface area contributed by atoms with E-state index in [1.165, 1.54) is 11.9 Å². The predicted molar refractivity (Wildman–Crippen MR) is 179 cm³/mol. The van der Waals surface area contributed by atoms with Crippen molar-refractivity contribution in [3.8, 4) is 5.75 Å². The highest BCUT2D eigenvalue weighted by molar-refractivity contribution is 6.38. The third-order valence-corrected chi connectivity index (χ3v) is 8.95. The summed E-state index contributed by atoms with van der Waals surface area (Å²) < 4.78 is 11.0. The van der Waals surface area contributed by atoms with Crippen LogP contribution in [0.3, 0.4) is 0 Å². The summed E-state index contributed by atoms with van der Waals surface area (Å²) in [4.78, 5) is 74.3. The molecule has 48 heavy (non-hydrogen) atoms. The zero-order valence-corrected chi connectivity index (χ0v) is 29.9. The minimum absolute atomic E-state index is 0.00427. The van der Waals surface area contributed by atoms with Crippen molar-refractivity contribution < 1.29 is 38.3 Å². The second kappa shape index (κ2) is 13.8. The molecule has 4 atom stereocenters. The molecule has 3 N–H and O–H groups in total. The van der Waals surface area contributed by atoms with Crippen molar-refractivity contribution in [2.24, 2.45) is 16.5 Å². The van der Waals surface area contributed by atoms with Crippen molar-refractivity contribution in [2.45, 2.75) is 117 Å². The van der Waals surface area contributed by atoms with Crippen LogP contribution >= 0.6 is 0 Å². The average Bonchev–Trinajstić information content (AvgIpc) is 3.58. The van der Waals surface area contributed by atoms with Crippen LogP contribution in [0.1, 0.15) is 90.3 Å². The van der Waals surface area contributed by atoms with Gasteiger partial charge in [0.1, 0.15) is 23.4 Å². The number of hydrogen-bond donors (Lipinski definition) is 3. The average molecular weight is 670 g/mol. The third-order valence-electron chi connectivity index (χ3n) is 8.95. The molecule has 2 aliphatic heterocycles. The Morgan fingerprint density at radius 2 is 1.67 bits per heavy atom. The van der Waals surface area contributed by atoms with E-state index < -0.39 is 64.3 Å². The molecule has 0 aromatic heterocycles. The number of aryl methyl sites for hydroxylation is 2. The summed E-state index contributed by atoms with van der Waals surface area (Å²) in [6.07, 6.45) is 1.78. The fourth-order valence-electron chi connectivity index (χ4n) is 6.43. The molecule has 1 saturated carbocycles. The number of carbonyl (C=O) groups is 5. The van der Waals surface area contributed by atoms with Gasteiger partial charge in [0.15, 0.2) is 5.60 Å². The molecule has 0 unspecified atom stereocenters. The van der Waals surface area contributed by atoms with Crippen LogP contribution in [0, 0.1) is 25.2 Å². The largest absolute Gasteiger partial charge is 0.496 e. The monoisotopic (exact) mass is 669 g/mol. The predicted octanol–water partition coefficient (Wildman–Crippen LogP) is 3.32. The number of hydrogen-bond acceptors (Lipinski definition) is 9. The second-order valence-corrected chi connectivity index (χ2v) is 15.4. The molecule has 2 heterocycles. The lowest BCUT2D eigenvalue weighted by molar-refractivity contribution is -0.144. The molecule has 1 aromatic rings. The molecule has 2 fully saturated rings. The van der Waals surface area contributed by atoms with Crippen LogP contribution in [0.25, 0.3) is 0 Å². The Labute approximate surface area is 282 Å². The van der Waals surface area contributed by atoms with E-state index in [2.05, 4.69) is 21.1 Å². The van der Waals surface area contributed by atoms with Gasteiger partial charge in [-0.3, -0.25) is 19.2 Å². The molecule has 1 saturated heterocycles. The minimum atomic E-state index is -1.07. The summed E-state index contributed by atoms with van der Waals surface area (Å²) in [5.41, 5.74) is 0.754. The van der Waals surface area contributed by atoms with Crippen LogP contribution in [-0.4, -0.2) is 90.2 Å². The molecular formula is C35H51N5O8. The summed E-state index contributed by atoms with van der Waals surface area (Å²) in [5, 5.41) is 12.3. The lowest BCUT2D eigenvalue weighted by atomic mass is 9.85. The quantitative estimate of drug-likeness (QED) is 0.320. The number of likely N-dealkylation sites (tertiary alicyclic amines) is 1. The molecule has 13 heteroatoms. The van der Waals surface area contributed by atoms with Crippen molar-refractivity contribution in [3.63, 3.8) is 0 Å². The third kappa shape index (κ3) is 8.46. The highest BCUT2D eigenvalue weighted by atomic mass is 16.7. The Bertz CT molecular complexity index is 1470. The van der Waals surface area contributed by atoms with E-state index in [1.807, 2.05) is 46.8 Å². The fourth-order valence-corrected chi connectivity index (χ4v) is 6.43. The van der Waals surface area contributed by atoms with Gasteiger partial charge >= 0.3 is 6.09 Å². The Morgan fingerprint density at radius 3 is 2.19 bits per heavy atom. The van der Waals surface area contributed by atoms with Crippen LogP contribution < -0.4 is 20.7 Å². The number of amides is 4. The Kier molecular flexibility index (Phi) is 10.5. The highest BCUT2D eigenvalue weighted by Gasteiger charge is 2.56. The molecule has 1 spiro atoms. The highest BCUT2D eigenvalue weighted by Crippen LogP contribution is 2.41. The van der Waals surface area contributed by atoms with Crippen molar-refractivity contribution >= 4 is 35.3 Å². The van der Waals surface area contributed by atoms with E-state index in [-0.39, 0.29) is 18.9 Å². The van der Waals surface area contributed by atoms with Gasteiger partial charge in [0.2, 0.25) is 17.6 Å². The van der Waals surface area contributed by atoms with Crippen LogP contribution in [0.15, 0.2) is 17.3 Å². The lowest BCUT2D eigenvalue weighted by Crippen LogP contribution is -2.59. The Morgan fingerprint density at radius 1 is 1.04 bits per heavy atom. The summed E-state index contributed by atoms with van der Waals surface area (Å²) in [7, 11) is 2.98. The summed E-state index contributed by atoms with van der Waals surface area (Å²) in [5.74, 6) is -1.62. The smallest absolute Gasteiger partial charge is 0.408 e. The number of nitrogens with zero attached hydrogens (tertiary/aromatic N) is 2. The normalized spacial score (nSPS) is 21.9. The first-order valence-electron chi connectivity index (χ1n) is 16.5. The minimum Gasteiger partial charge on any atom is -0.496 e. The van der Waals surface area contributed by atoms with Crippen molar-refractivity contribution in [3.05, 3.63) is 28.8 Å². The van der Waals surface area contributed by atoms with Gasteiger partial charge < -0.3 is 35.2 Å². The lowest BCUT2D eigenvalue weighted by Gasteiger charge is -2.36. The topological polar surface area (TPSA) is 165 Å². The van der Waals surface area contributed by atoms with Crippen molar-refractivity contribution in [1.29, 1.82) is 0 Å². The van der Waals surface area contributed by atoms with Gasteiger partial charge in [-0.2, -0.15) is 0 Å². The SMILES string of the molecule is CNC(=O)C(=O)[C@H](CC1CC1)NC(=O)[C@@H]1C[C@]2(CC(c3cc(C)c(OC)c(C)c3)=NO2)CN1C(=O)[C@@H](NC(=O)OC(C)(C)C)C(C)(C)C. The van der Waals surface area contributed by atoms with Crippen molar-refractivity contribution in [1.82, 2.24) is 20.9 Å². The second-order valence-electron chi connectivity index (χ2n) is 15.4. The first-order valence-corrected chi connectivity index (χ1v) is 16.5. The number of nitrogens with one attached hydrogen (secondary N) is 3. The van der Waals surface area contributed by atoms with Crippen molar-refractivity contribution in [2.75, 3.05) is 20.7 Å². The number of alkyl carbamates (subject to hydrolysis) is 1. The van der Waals surface area contributed by atoms with Crippen LogP contribution in [0.2, 0.25) is 0 Å². The Hall–Kier alpha value is -4.16. The summed E-state index contributed by atoms with van der Waals surface area (Å²) in [6.45, 7) is 14.5. The molecule has 4 amide bonds. The maximum Gasteiger partial charge on any atom is 0.408 e. The summed E-state index contributed by atoms with van der Waals surface area (Å²) in [6, 6.07) is 0.737. The molecule has 264 valence electrons. The number of benzene rings is 1. The molecule has 13 nitrogen and oxygen atoms in total. The van der Waals surface area contributed by atoms with E-state index in [4.69, 9.17) is 14.3 Å². The zero-order valence-electron chi connectivity index (χ0n) is 29.9. The van der Waals surface area contributed by atoms with E-state index in [9.17, 15) is 24.0 Å². The number of methoxy groups -OCH3 is 1. The molecule has 0 radical (unpaired) electrons. The van der Waals surface area contributed by atoms with Crippen LogP contribution in [-0.2, 0) is 28.8 Å². The number of rotatable bonds is 10. The molecule has 1 aromatic carbocycles. The zero-order chi connectivity index (χ0) is 35.8. The number of likely N-dealkylation sites (N-methyl/N-ethyl adjacent to an activating group) is 1. The van der Waals surface area contributed by atoms with Gasteiger partial charge in [-0.25, -0.2) is 4.79 Å².